The molecule has 3 rings (SSSR count). The average Bonchev–Trinajstić information content (AvgIpc) is 2.61. The molecule has 0 bridgehead atoms. The predicted molar refractivity (Wildman–Crippen MR) is 99.1 cm³/mol. The number of Topliss-reactive ketones (excluding diaryl/α,β-unsaturated/α-hetero) is 1. The summed E-state index contributed by atoms with van der Waals surface area (Å²) in [6, 6.07) is 19.3. The monoisotopic (exact) mass is 353 g/mol. The van der Waals surface area contributed by atoms with E-state index in [9.17, 15) is 13.2 Å². The normalized spacial score (nSPS) is 12.9. The van der Waals surface area contributed by atoms with Crippen LogP contribution in [0.4, 0.5) is 0 Å². The fraction of sp³-hybridized carbons (Fsp3) is 0.150. The number of hydrogen-bond donors (Lipinski definition) is 1. The average molecular weight is 353 g/mol. The first-order valence-corrected chi connectivity index (χ1v) is 9.48. The summed E-state index contributed by atoms with van der Waals surface area (Å²) < 4.78 is 28.0. The van der Waals surface area contributed by atoms with E-state index in [1.165, 1.54) is 31.2 Å². The van der Waals surface area contributed by atoms with Crippen molar-refractivity contribution in [2.24, 2.45) is 0 Å². The van der Waals surface area contributed by atoms with Gasteiger partial charge in [0.1, 0.15) is 0 Å². The maximum Gasteiger partial charge on any atom is 0.241 e. The summed E-state index contributed by atoms with van der Waals surface area (Å²) in [5.74, 6) is -0.0963. The second-order valence-corrected chi connectivity index (χ2v) is 7.71. The fourth-order valence-electron chi connectivity index (χ4n) is 2.86. The van der Waals surface area contributed by atoms with Crippen molar-refractivity contribution in [3.63, 3.8) is 0 Å². The molecule has 0 fully saturated rings. The van der Waals surface area contributed by atoms with Crippen LogP contribution >= 0.6 is 0 Å². The Morgan fingerprint density at radius 2 is 1.56 bits per heavy atom. The van der Waals surface area contributed by atoms with Gasteiger partial charge in [0.2, 0.25) is 10.0 Å². The molecule has 25 heavy (non-hydrogen) atoms. The molecular weight excluding hydrogens is 334 g/mol. The summed E-state index contributed by atoms with van der Waals surface area (Å²) in [4.78, 5) is 11.5. The standard InChI is InChI=1S/C20H19NO3S/c1-14(19-9-5-7-17-6-3-4-8-20(17)19)21-25(23,24)18-12-10-16(11-13-18)15(2)22/h3-14,21H,1-2H3/t14-/m1/s1. The van der Waals surface area contributed by atoms with Crippen molar-refractivity contribution in [2.75, 3.05) is 0 Å². The zero-order valence-electron chi connectivity index (χ0n) is 14.1. The van der Waals surface area contributed by atoms with Crippen LogP contribution in [-0.4, -0.2) is 14.2 Å². The molecule has 5 heteroatoms. The van der Waals surface area contributed by atoms with E-state index in [0.717, 1.165) is 16.3 Å². The highest BCUT2D eigenvalue weighted by atomic mass is 32.2. The summed E-state index contributed by atoms with van der Waals surface area (Å²) in [6.45, 7) is 3.27. The molecule has 0 aromatic heterocycles. The highest BCUT2D eigenvalue weighted by molar-refractivity contribution is 7.89. The maximum absolute atomic E-state index is 12.6. The van der Waals surface area contributed by atoms with Crippen LogP contribution in [0.15, 0.2) is 71.6 Å². The molecule has 0 saturated carbocycles. The molecule has 0 radical (unpaired) electrons. The first kappa shape index (κ1) is 17.3. The summed E-state index contributed by atoms with van der Waals surface area (Å²) >= 11 is 0. The van der Waals surface area contributed by atoms with Gasteiger partial charge in [-0.15, -0.1) is 0 Å². The first-order valence-electron chi connectivity index (χ1n) is 7.99. The summed E-state index contributed by atoms with van der Waals surface area (Å²) in [6.07, 6.45) is 0. The number of hydrogen-bond acceptors (Lipinski definition) is 3. The number of rotatable bonds is 5. The summed E-state index contributed by atoms with van der Waals surface area (Å²) in [7, 11) is -3.68. The van der Waals surface area contributed by atoms with Crippen LogP contribution in [0, 0.1) is 0 Å². The van der Waals surface area contributed by atoms with E-state index < -0.39 is 10.0 Å². The van der Waals surface area contributed by atoms with Crippen molar-refractivity contribution in [1.29, 1.82) is 0 Å². The smallest absolute Gasteiger partial charge is 0.241 e. The van der Waals surface area contributed by atoms with Gasteiger partial charge in [-0.05, 0) is 42.3 Å². The molecule has 0 spiro atoms. The maximum atomic E-state index is 12.6. The molecular formula is C20H19NO3S. The number of benzene rings is 3. The number of carbonyl (C=O) groups is 1. The van der Waals surface area contributed by atoms with Crippen molar-refractivity contribution >= 4 is 26.6 Å². The molecule has 1 N–H and O–H groups in total. The van der Waals surface area contributed by atoms with Gasteiger partial charge in [0.05, 0.1) is 4.90 Å². The summed E-state index contributed by atoms with van der Waals surface area (Å²) in [5, 5.41) is 2.09. The van der Waals surface area contributed by atoms with Crippen molar-refractivity contribution in [2.45, 2.75) is 24.8 Å². The molecule has 0 amide bonds. The zero-order valence-corrected chi connectivity index (χ0v) is 14.9. The fourth-order valence-corrected chi connectivity index (χ4v) is 4.08. The Kier molecular flexibility index (Phi) is 4.70. The number of fused-ring (bicyclic) bond motifs is 1. The van der Waals surface area contributed by atoms with Gasteiger partial charge in [0, 0.05) is 11.6 Å². The SMILES string of the molecule is CC(=O)c1ccc(S(=O)(=O)N[C@H](C)c2cccc3ccccc23)cc1. The molecule has 0 heterocycles. The minimum atomic E-state index is -3.68. The third-order valence-electron chi connectivity index (χ3n) is 4.19. The van der Waals surface area contributed by atoms with Gasteiger partial charge in [0.25, 0.3) is 0 Å². The van der Waals surface area contributed by atoms with Crippen molar-refractivity contribution in [3.05, 3.63) is 77.9 Å². The van der Waals surface area contributed by atoms with Gasteiger partial charge in [-0.3, -0.25) is 4.79 Å². The molecule has 3 aromatic carbocycles. The number of carbonyl (C=O) groups excluding carboxylic acids is 1. The molecule has 3 aromatic rings. The molecule has 1 atom stereocenters. The van der Waals surface area contributed by atoms with Crippen LogP contribution in [0.3, 0.4) is 0 Å². The van der Waals surface area contributed by atoms with E-state index in [4.69, 9.17) is 0 Å². The number of ketones is 1. The van der Waals surface area contributed by atoms with Crippen LogP contribution < -0.4 is 4.72 Å². The van der Waals surface area contributed by atoms with E-state index in [1.54, 1.807) is 0 Å². The first-order chi connectivity index (χ1) is 11.9. The lowest BCUT2D eigenvalue weighted by Gasteiger charge is -2.17. The van der Waals surface area contributed by atoms with Crippen LogP contribution in [0.5, 0.6) is 0 Å². The lowest BCUT2D eigenvalue weighted by molar-refractivity contribution is 0.101. The van der Waals surface area contributed by atoms with E-state index in [0.29, 0.717) is 5.56 Å². The van der Waals surface area contributed by atoms with Gasteiger partial charge < -0.3 is 0 Å². The van der Waals surface area contributed by atoms with Gasteiger partial charge in [-0.2, -0.15) is 0 Å². The Hall–Kier alpha value is -2.50. The van der Waals surface area contributed by atoms with E-state index in [-0.39, 0.29) is 16.7 Å². The van der Waals surface area contributed by atoms with Gasteiger partial charge in [-0.25, -0.2) is 13.1 Å². The van der Waals surface area contributed by atoms with E-state index in [2.05, 4.69) is 4.72 Å². The number of sulfonamides is 1. The molecule has 0 aliphatic heterocycles. The van der Waals surface area contributed by atoms with E-state index in [1.807, 2.05) is 49.4 Å². The zero-order chi connectivity index (χ0) is 18.0. The topological polar surface area (TPSA) is 63.2 Å². The minimum absolute atomic E-state index is 0.0963. The Bertz CT molecular complexity index is 1020. The third kappa shape index (κ3) is 3.62. The van der Waals surface area contributed by atoms with Gasteiger partial charge in [0.15, 0.2) is 5.78 Å². The number of nitrogens with one attached hydrogen (secondary N) is 1. The largest absolute Gasteiger partial charge is 0.295 e. The highest BCUT2D eigenvalue weighted by Crippen LogP contribution is 2.25. The lowest BCUT2D eigenvalue weighted by Crippen LogP contribution is -2.27. The Labute approximate surface area is 147 Å². The van der Waals surface area contributed by atoms with Crippen molar-refractivity contribution < 1.29 is 13.2 Å². The van der Waals surface area contributed by atoms with Crippen LogP contribution in [0.25, 0.3) is 10.8 Å². The Morgan fingerprint density at radius 3 is 2.24 bits per heavy atom. The van der Waals surface area contributed by atoms with Crippen LogP contribution in [0.2, 0.25) is 0 Å². The molecule has 4 nitrogen and oxygen atoms in total. The second-order valence-electron chi connectivity index (χ2n) is 5.99. The Morgan fingerprint density at radius 1 is 0.920 bits per heavy atom. The molecule has 0 aliphatic rings. The minimum Gasteiger partial charge on any atom is -0.295 e. The Balaban J connectivity index is 1.90. The third-order valence-corrected chi connectivity index (χ3v) is 5.75. The second kappa shape index (κ2) is 6.78. The molecule has 0 aliphatic carbocycles. The van der Waals surface area contributed by atoms with Crippen LogP contribution in [0.1, 0.15) is 35.8 Å². The van der Waals surface area contributed by atoms with Gasteiger partial charge >= 0.3 is 0 Å². The molecule has 128 valence electrons. The molecule has 0 unspecified atom stereocenters. The van der Waals surface area contributed by atoms with Gasteiger partial charge in [-0.1, -0.05) is 54.6 Å². The molecule has 0 saturated heterocycles. The van der Waals surface area contributed by atoms with E-state index >= 15 is 0 Å². The lowest BCUT2D eigenvalue weighted by atomic mass is 10.0. The van der Waals surface area contributed by atoms with Crippen LogP contribution in [-0.2, 0) is 10.0 Å². The highest BCUT2D eigenvalue weighted by Gasteiger charge is 2.19. The quantitative estimate of drug-likeness (QED) is 0.703. The van der Waals surface area contributed by atoms with Crippen molar-refractivity contribution in [1.82, 2.24) is 4.72 Å². The van der Waals surface area contributed by atoms with Crippen molar-refractivity contribution in [3.8, 4) is 0 Å². The summed E-state index contributed by atoms with van der Waals surface area (Å²) in [5.41, 5.74) is 1.41. The predicted octanol–water partition coefficient (Wildman–Crippen LogP) is 4.08.